The lowest BCUT2D eigenvalue weighted by molar-refractivity contribution is 0.378. The van der Waals surface area contributed by atoms with Crippen LogP contribution in [0, 0.1) is 0 Å². The van der Waals surface area contributed by atoms with Gasteiger partial charge in [-0.25, -0.2) is 4.98 Å². The minimum atomic E-state index is 0.521. The summed E-state index contributed by atoms with van der Waals surface area (Å²) in [5.41, 5.74) is 0.821. The van der Waals surface area contributed by atoms with Crippen LogP contribution in [-0.4, -0.2) is 44.5 Å². The molecule has 9 nitrogen and oxygen atoms in total. The summed E-state index contributed by atoms with van der Waals surface area (Å²) in [4.78, 5) is 12.7. The van der Waals surface area contributed by atoms with Crippen molar-refractivity contribution in [1.29, 1.82) is 0 Å². The van der Waals surface area contributed by atoms with E-state index in [0.29, 0.717) is 42.2 Å². The number of aliphatic imine (C=N–C) groups is 1. The Bertz CT molecular complexity index is 888. The van der Waals surface area contributed by atoms with Crippen molar-refractivity contribution in [3.63, 3.8) is 0 Å². The third-order valence-electron chi connectivity index (χ3n) is 3.62. The van der Waals surface area contributed by atoms with Crippen molar-refractivity contribution in [1.82, 2.24) is 35.5 Å². The number of aromatic nitrogens is 5. The van der Waals surface area contributed by atoms with Crippen LogP contribution in [0.4, 0.5) is 0 Å². The van der Waals surface area contributed by atoms with Gasteiger partial charge in [0.15, 0.2) is 5.96 Å². The highest BCUT2D eigenvalue weighted by Gasteiger charge is 2.09. The Balaban J connectivity index is 1.49. The molecule has 0 saturated heterocycles. The first-order valence-electron chi connectivity index (χ1n) is 8.01. The smallest absolute Gasteiger partial charge is 0.228 e. The molecule has 0 fully saturated rings. The van der Waals surface area contributed by atoms with Gasteiger partial charge in [-0.05, 0) is 12.1 Å². The van der Waals surface area contributed by atoms with Crippen molar-refractivity contribution in [3.8, 4) is 11.4 Å². The average molecular weight is 375 g/mol. The quantitative estimate of drug-likeness (QED) is 0.496. The van der Waals surface area contributed by atoms with Gasteiger partial charge in [0.25, 0.3) is 0 Å². The van der Waals surface area contributed by atoms with Crippen LogP contribution in [0.25, 0.3) is 11.4 Å². The van der Waals surface area contributed by atoms with Gasteiger partial charge in [0, 0.05) is 37.6 Å². The van der Waals surface area contributed by atoms with E-state index < -0.39 is 0 Å². The van der Waals surface area contributed by atoms with Crippen LogP contribution in [0.5, 0.6) is 0 Å². The summed E-state index contributed by atoms with van der Waals surface area (Å²) in [5.74, 6) is 2.53. The van der Waals surface area contributed by atoms with Crippen LogP contribution < -0.4 is 10.6 Å². The van der Waals surface area contributed by atoms with E-state index in [-0.39, 0.29) is 0 Å². The van der Waals surface area contributed by atoms with Crippen LogP contribution in [-0.2, 0) is 20.0 Å². The summed E-state index contributed by atoms with van der Waals surface area (Å²) in [7, 11) is 3.54. The van der Waals surface area contributed by atoms with E-state index in [1.165, 1.54) is 6.33 Å². The van der Waals surface area contributed by atoms with Crippen LogP contribution in [0.3, 0.4) is 0 Å². The number of halogens is 1. The molecule has 0 saturated carbocycles. The zero-order valence-corrected chi connectivity index (χ0v) is 15.2. The van der Waals surface area contributed by atoms with Gasteiger partial charge in [0.1, 0.15) is 12.2 Å². The molecule has 10 heteroatoms. The summed E-state index contributed by atoms with van der Waals surface area (Å²) in [6.07, 6.45) is 2.08. The standard InChI is InChI=1S/C16H19ClN8O/c1-18-16(20-9-13-21-10-22-25(13)2)19-7-6-14-23-15(24-26-14)11-4-3-5-12(17)8-11/h3-5,8,10H,6-7,9H2,1-2H3,(H2,18,19,20). The van der Waals surface area contributed by atoms with E-state index >= 15 is 0 Å². The van der Waals surface area contributed by atoms with Gasteiger partial charge in [-0.15, -0.1) is 0 Å². The first kappa shape index (κ1) is 17.9. The van der Waals surface area contributed by atoms with Gasteiger partial charge in [-0.2, -0.15) is 10.1 Å². The second-order valence-electron chi connectivity index (χ2n) is 5.42. The van der Waals surface area contributed by atoms with Crippen molar-refractivity contribution in [2.24, 2.45) is 12.0 Å². The lowest BCUT2D eigenvalue weighted by Gasteiger charge is -2.10. The number of hydrogen-bond donors (Lipinski definition) is 2. The second kappa shape index (κ2) is 8.43. The van der Waals surface area contributed by atoms with Gasteiger partial charge >= 0.3 is 0 Å². The number of guanidine groups is 1. The molecule has 0 aliphatic heterocycles. The van der Waals surface area contributed by atoms with Gasteiger partial charge in [0.05, 0.1) is 6.54 Å². The molecule has 2 heterocycles. The Morgan fingerprint density at radius 3 is 2.96 bits per heavy atom. The second-order valence-corrected chi connectivity index (χ2v) is 5.86. The van der Waals surface area contributed by atoms with Gasteiger partial charge in [-0.3, -0.25) is 9.67 Å². The highest BCUT2D eigenvalue weighted by Crippen LogP contribution is 2.19. The summed E-state index contributed by atoms with van der Waals surface area (Å²) in [6.45, 7) is 1.12. The van der Waals surface area contributed by atoms with Crippen molar-refractivity contribution in [2.45, 2.75) is 13.0 Å². The Morgan fingerprint density at radius 2 is 2.23 bits per heavy atom. The Hall–Kier alpha value is -2.94. The lowest BCUT2D eigenvalue weighted by Crippen LogP contribution is -2.38. The molecule has 2 N–H and O–H groups in total. The monoisotopic (exact) mass is 374 g/mol. The van der Waals surface area contributed by atoms with E-state index in [1.807, 2.05) is 19.2 Å². The zero-order chi connectivity index (χ0) is 18.4. The highest BCUT2D eigenvalue weighted by molar-refractivity contribution is 6.30. The fourth-order valence-corrected chi connectivity index (χ4v) is 2.44. The number of rotatable bonds is 6. The summed E-state index contributed by atoms with van der Waals surface area (Å²) in [5, 5.41) is 15.0. The van der Waals surface area contributed by atoms with Gasteiger partial charge in [0.2, 0.25) is 11.7 Å². The predicted molar refractivity (Wildman–Crippen MR) is 97.7 cm³/mol. The van der Waals surface area contributed by atoms with Crippen molar-refractivity contribution in [2.75, 3.05) is 13.6 Å². The molecule has 0 atom stereocenters. The van der Waals surface area contributed by atoms with Crippen LogP contribution in [0.15, 0.2) is 40.1 Å². The van der Waals surface area contributed by atoms with E-state index in [4.69, 9.17) is 16.1 Å². The summed E-state index contributed by atoms with van der Waals surface area (Å²) in [6, 6.07) is 7.33. The molecule has 0 radical (unpaired) electrons. The maximum atomic E-state index is 5.99. The van der Waals surface area contributed by atoms with Crippen molar-refractivity contribution < 1.29 is 4.52 Å². The fraction of sp³-hybridized carbons (Fsp3) is 0.312. The van der Waals surface area contributed by atoms with Crippen LogP contribution >= 0.6 is 11.6 Å². The molecule has 0 bridgehead atoms. The molecular formula is C16H19ClN8O. The Morgan fingerprint density at radius 1 is 1.35 bits per heavy atom. The first-order valence-corrected chi connectivity index (χ1v) is 8.39. The molecule has 2 aromatic heterocycles. The first-order chi connectivity index (χ1) is 12.7. The Labute approximate surface area is 155 Å². The molecule has 0 amide bonds. The SMILES string of the molecule is CN=C(NCCc1nc(-c2cccc(Cl)c2)no1)NCc1ncnn1C. The molecule has 0 spiro atoms. The molecular weight excluding hydrogens is 356 g/mol. The summed E-state index contributed by atoms with van der Waals surface area (Å²) >= 11 is 5.99. The molecule has 3 rings (SSSR count). The normalized spacial score (nSPS) is 11.6. The molecule has 0 aliphatic rings. The molecule has 136 valence electrons. The molecule has 0 aliphatic carbocycles. The Kier molecular flexibility index (Phi) is 5.80. The number of nitrogens with one attached hydrogen (secondary N) is 2. The van der Waals surface area contributed by atoms with E-state index in [0.717, 1.165) is 11.4 Å². The third-order valence-corrected chi connectivity index (χ3v) is 3.86. The molecule has 3 aromatic rings. The predicted octanol–water partition coefficient (Wildman–Crippen LogP) is 1.43. The van der Waals surface area contributed by atoms with E-state index in [2.05, 4.69) is 35.8 Å². The van der Waals surface area contributed by atoms with Crippen molar-refractivity contribution in [3.05, 3.63) is 47.3 Å². The number of nitrogens with zero attached hydrogens (tertiary/aromatic N) is 6. The lowest BCUT2D eigenvalue weighted by atomic mass is 10.2. The maximum Gasteiger partial charge on any atom is 0.228 e. The zero-order valence-electron chi connectivity index (χ0n) is 14.5. The topological polar surface area (TPSA) is 106 Å². The van der Waals surface area contributed by atoms with E-state index in [9.17, 15) is 0 Å². The van der Waals surface area contributed by atoms with Crippen molar-refractivity contribution >= 4 is 17.6 Å². The largest absolute Gasteiger partial charge is 0.356 e. The summed E-state index contributed by atoms with van der Waals surface area (Å²) < 4.78 is 6.99. The minimum Gasteiger partial charge on any atom is -0.356 e. The maximum absolute atomic E-state index is 5.99. The number of hydrogen-bond acceptors (Lipinski definition) is 6. The molecule has 26 heavy (non-hydrogen) atoms. The fourth-order valence-electron chi connectivity index (χ4n) is 2.25. The minimum absolute atomic E-state index is 0.521. The van der Waals surface area contributed by atoms with Gasteiger partial charge in [-0.1, -0.05) is 28.9 Å². The highest BCUT2D eigenvalue weighted by atomic mass is 35.5. The van der Waals surface area contributed by atoms with Crippen LogP contribution in [0.1, 0.15) is 11.7 Å². The number of aryl methyl sites for hydroxylation is 1. The molecule has 0 unspecified atom stereocenters. The van der Waals surface area contributed by atoms with Crippen LogP contribution in [0.2, 0.25) is 5.02 Å². The van der Waals surface area contributed by atoms with Gasteiger partial charge < -0.3 is 15.2 Å². The molecule has 1 aromatic carbocycles. The number of benzene rings is 1. The van der Waals surface area contributed by atoms with E-state index in [1.54, 1.807) is 23.9 Å². The average Bonchev–Trinajstić information content (AvgIpc) is 3.27. The third kappa shape index (κ3) is 4.57.